The van der Waals surface area contributed by atoms with Crippen molar-refractivity contribution >= 4 is 21.7 Å². The van der Waals surface area contributed by atoms with Gasteiger partial charge in [0, 0.05) is 18.6 Å². The zero-order valence-corrected chi connectivity index (χ0v) is 8.76. The average Bonchev–Trinajstić information content (AvgIpc) is 2.15. The van der Waals surface area contributed by atoms with Gasteiger partial charge in [-0.1, -0.05) is 22.0 Å². The fourth-order valence-corrected chi connectivity index (χ4v) is 1.27. The van der Waals surface area contributed by atoms with E-state index in [0.29, 0.717) is 0 Å². The zero-order valence-electron chi connectivity index (χ0n) is 7.18. The Morgan fingerprint density at radius 3 is 2.83 bits per heavy atom. The second-order valence-corrected chi connectivity index (χ2v) is 3.39. The highest BCUT2D eigenvalue weighted by molar-refractivity contribution is 9.09. The summed E-state index contributed by atoms with van der Waals surface area (Å²) in [6.45, 7) is 0. The lowest BCUT2D eigenvalue weighted by Gasteiger charge is -2.00. The normalized spacial score (nSPS) is 9.83. The second-order valence-electron chi connectivity index (χ2n) is 2.59. The van der Waals surface area contributed by atoms with Gasteiger partial charge in [-0.15, -0.1) is 0 Å². The highest BCUT2D eigenvalue weighted by atomic mass is 79.9. The third kappa shape index (κ3) is 2.81. The molecule has 1 heterocycles. The Balaban J connectivity index is 2.53. The van der Waals surface area contributed by atoms with Gasteiger partial charge in [-0.25, -0.2) is 4.98 Å². The van der Waals surface area contributed by atoms with Crippen LogP contribution >= 0.6 is 15.9 Å². The molecule has 3 heteroatoms. The summed E-state index contributed by atoms with van der Waals surface area (Å²) < 4.78 is 0. The number of hydrogen-bond donors (Lipinski definition) is 1. The molecule has 0 aliphatic rings. The predicted molar refractivity (Wildman–Crippen MR) is 55.9 cm³/mol. The minimum atomic E-state index is 0.928. The largest absolute Gasteiger partial charge is 0.373 e. The van der Waals surface area contributed by atoms with Crippen molar-refractivity contribution in [3.63, 3.8) is 0 Å². The van der Waals surface area contributed by atoms with E-state index in [0.717, 1.165) is 17.6 Å². The molecule has 1 rings (SSSR count). The molecular weight excluding hydrogens is 216 g/mol. The second kappa shape index (κ2) is 5.14. The summed E-state index contributed by atoms with van der Waals surface area (Å²) in [4.78, 5) is 4.22. The van der Waals surface area contributed by atoms with E-state index in [1.807, 2.05) is 19.3 Å². The Hall–Kier alpha value is -0.570. The summed E-state index contributed by atoms with van der Waals surface area (Å²) in [6, 6.07) is 4.12. The molecular formula is C9H13BrN2. The Morgan fingerprint density at radius 2 is 2.33 bits per heavy atom. The Labute approximate surface area is 81.5 Å². The van der Waals surface area contributed by atoms with Crippen molar-refractivity contribution in [2.45, 2.75) is 12.8 Å². The van der Waals surface area contributed by atoms with Crippen molar-refractivity contribution in [1.29, 1.82) is 0 Å². The summed E-state index contributed by atoms with van der Waals surface area (Å²) in [7, 11) is 1.88. The molecule has 1 N–H and O–H groups in total. The van der Waals surface area contributed by atoms with Crippen LogP contribution in [0, 0.1) is 0 Å². The van der Waals surface area contributed by atoms with E-state index >= 15 is 0 Å². The third-order valence-corrected chi connectivity index (χ3v) is 2.24. The van der Waals surface area contributed by atoms with Gasteiger partial charge in [0.15, 0.2) is 0 Å². The highest BCUT2D eigenvalue weighted by Crippen LogP contribution is 2.06. The molecule has 1 aromatic heterocycles. The maximum absolute atomic E-state index is 4.22. The fraction of sp³-hybridized carbons (Fsp3) is 0.444. The molecule has 0 saturated heterocycles. The van der Waals surface area contributed by atoms with Crippen LogP contribution in [0.3, 0.4) is 0 Å². The van der Waals surface area contributed by atoms with Crippen molar-refractivity contribution < 1.29 is 0 Å². The first-order chi connectivity index (χ1) is 5.86. The first kappa shape index (κ1) is 9.52. The third-order valence-electron chi connectivity index (χ3n) is 1.68. The van der Waals surface area contributed by atoms with Gasteiger partial charge in [0.1, 0.15) is 5.82 Å². The lowest BCUT2D eigenvalue weighted by atomic mass is 10.2. The van der Waals surface area contributed by atoms with Gasteiger partial charge in [0.2, 0.25) is 0 Å². The number of hydrogen-bond acceptors (Lipinski definition) is 2. The monoisotopic (exact) mass is 228 g/mol. The Kier molecular flexibility index (Phi) is 4.08. The Morgan fingerprint density at radius 1 is 1.50 bits per heavy atom. The van der Waals surface area contributed by atoms with Crippen LogP contribution < -0.4 is 5.32 Å². The molecule has 0 fully saturated rings. The number of rotatable bonds is 4. The molecule has 0 saturated carbocycles. The molecule has 0 bridgehead atoms. The fourth-order valence-electron chi connectivity index (χ4n) is 0.991. The van der Waals surface area contributed by atoms with Crippen LogP contribution in [0.4, 0.5) is 5.82 Å². The van der Waals surface area contributed by atoms with Gasteiger partial charge in [-0.3, -0.25) is 0 Å². The Bertz CT molecular complexity index is 220. The van der Waals surface area contributed by atoms with Crippen LogP contribution in [0.1, 0.15) is 12.0 Å². The summed E-state index contributed by atoms with van der Waals surface area (Å²) >= 11 is 3.40. The molecule has 0 atom stereocenters. The van der Waals surface area contributed by atoms with E-state index in [1.54, 1.807) is 0 Å². The molecule has 1 aromatic rings. The lowest BCUT2D eigenvalue weighted by molar-refractivity contribution is 0.931. The average molecular weight is 229 g/mol. The number of nitrogens with zero attached hydrogens (tertiary/aromatic N) is 1. The van der Waals surface area contributed by atoms with Crippen LogP contribution in [-0.2, 0) is 6.42 Å². The summed E-state index contributed by atoms with van der Waals surface area (Å²) in [5.74, 6) is 0.928. The number of pyridine rings is 1. The van der Waals surface area contributed by atoms with Crippen molar-refractivity contribution in [3.05, 3.63) is 23.9 Å². The molecule has 0 radical (unpaired) electrons. The summed E-state index contributed by atoms with van der Waals surface area (Å²) in [5.41, 5.74) is 1.30. The van der Waals surface area contributed by atoms with Crippen LogP contribution in [0.25, 0.3) is 0 Å². The minimum absolute atomic E-state index is 0.928. The lowest BCUT2D eigenvalue weighted by Crippen LogP contribution is -1.93. The van der Waals surface area contributed by atoms with E-state index in [4.69, 9.17) is 0 Å². The highest BCUT2D eigenvalue weighted by Gasteiger charge is 1.93. The first-order valence-electron chi connectivity index (χ1n) is 4.05. The molecule has 2 nitrogen and oxygen atoms in total. The summed E-state index contributed by atoms with van der Waals surface area (Å²) in [5, 5.41) is 4.05. The minimum Gasteiger partial charge on any atom is -0.373 e. The molecule has 12 heavy (non-hydrogen) atoms. The van der Waals surface area contributed by atoms with E-state index < -0.39 is 0 Å². The molecule has 0 spiro atoms. The number of aryl methyl sites for hydroxylation is 1. The van der Waals surface area contributed by atoms with Crippen LogP contribution in [0.5, 0.6) is 0 Å². The quantitative estimate of drug-likeness (QED) is 0.802. The summed E-state index contributed by atoms with van der Waals surface area (Å²) in [6.07, 6.45) is 4.19. The maximum atomic E-state index is 4.22. The number of nitrogens with one attached hydrogen (secondary N) is 1. The van der Waals surface area contributed by atoms with Gasteiger partial charge in [-0.05, 0) is 24.5 Å². The topological polar surface area (TPSA) is 24.9 Å². The molecule has 0 amide bonds. The number of anilines is 1. The smallest absolute Gasteiger partial charge is 0.125 e. The predicted octanol–water partition coefficient (Wildman–Crippen LogP) is 2.45. The molecule has 0 unspecified atom stereocenters. The van der Waals surface area contributed by atoms with E-state index in [2.05, 4.69) is 32.3 Å². The van der Waals surface area contributed by atoms with Crippen LogP contribution in [0.2, 0.25) is 0 Å². The molecule has 0 aliphatic heterocycles. The maximum Gasteiger partial charge on any atom is 0.125 e. The molecule has 66 valence electrons. The van der Waals surface area contributed by atoms with Gasteiger partial charge < -0.3 is 5.32 Å². The van der Waals surface area contributed by atoms with Crippen molar-refractivity contribution in [2.75, 3.05) is 17.7 Å². The molecule has 0 aliphatic carbocycles. The number of alkyl halides is 1. The van der Waals surface area contributed by atoms with Crippen molar-refractivity contribution in [3.8, 4) is 0 Å². The van der Waals surface area contributed by atoms with Gasteiger partial charge in [0.25, 0.3) is 0 Å². The van der Waals surface area contributed by atoms with Gasteiger partial charge >= 0.3 is 0 Å². The number of halogens is 1. The zero-order chi connectivity index (χ0) is 8.81. The standard InChI is InChI=1S/C9H13BrN2/c1-11-9-5-4-8(7-12-9)3-2-6-10/h4-5,7H,2-3,6H2,1H3,(H,11,12). The van der Waals surface area contributed by atoms with Crippen LogP contribution in [0.15, 0.2) is 18.3 Å². The van der Waals surface area contributed by atoms with Gasteiger partial charge in [0.05, 0.1) is 0 Å². The van der Waals surface area contributed by atoms with E-state index in [9.17, 15) is 0 Å². The molecule has 0 aromatic carbocycles. The van der Waals surface area contributed by atoms with Crippen molar-refractivity contribution in [2.24, 2.45) is 0 Å². The van der Waals surface area contributed by atoms with Crippen molar-refractivity contribution in [1.82, 2.24) is 4.98 Å². The first-order valence-corrected chi connectivity index (χ1v) is 5.17. The SMILES string of the molecule is CNc1ccc(CCCBr)cn1. The van der Waals surface area contributed by atoms with E-state index in [1.165, 1.54) is 12.0 Å². The van der Waals surface area contributed by atoms with Gasteiger partial charge in [-0.2, -0.15) is 0 Å². The van der Waals surface area contributed by atoms with Crippen LogP contribution in [-0.4, -0.2) is 17.4 Å². The van der Waals surface area contributed by atoms with E-state index in [-0.39, 0.29) is 0 Å². The number of aromatic nitrogens is 1.